The molecule has 0 aromatic heterocycles. The van der Waals surface area contributed by atoms with Crippen LogP contribution in [0.5, 0.6) is 0 Å². The largest absolute Gasteiger partial charge is 0.325 e. The lowest BCUT2D eigenvalue weighted by Gasteiger charge is -2.13. The van der Waals surface area contributed by atoms with Gasteiger partial charge >= 0.3 is 0 Å². The number of anilines is 1. The van der Waals surface area contributed by atoms with Crippen LogP contribution in [0.2, 0.25) is 0 Å². The second kappa shape index (κ2) is 6.57. The van der Waals surface area contributed by atoms with Crippen molar-refractivity contribution < 1.29 is 18.1 Å². The van der Waals surface area contributed by atoms with Crippen LogP contribution in [-0.4, -0.2) is 24.5 Å². The van der Waals surface area contributed by atoms with Crippen molar-refractivity contribution in [3.05, 3.63) is 64.7 Å². The maximum Gasteiger partial charge on any atom is 0.269 e. The van der Waals surface area contributed by atoms with Crippen LogP contribution in [0.1, 0.15) is 6.92 Å². The van der Waals surface area contributed by atoms with Gasteiger partial charge in [-0.05, 0) is 31.2 Å². The smallest absolute Gasteiger partial charge is 0.269 e. The molecule has 0 aliphatic carbocycles. The Hall–Kier alpha value is -2.74. The Kier molecular flexibility index (Phi) is 4.75. The number of benzene rings is 2. The third-order valence-corrected chi connectivity index (χ3v) is 5.33. The first kappa shape index (κ1) is 16.6. The van der Waals surface area contributed by atoms with Crippen LogP contribution >= 0.6 is 0 Å². The third-order valence-electron chi connectivity index (χ3n) is 3.25. The highest BCUT2D eigenvalue weighted by molar-refractivity contribution is 7.92. The molecule has 8 heteroatoms. The van der Waals surface area contributed by atoms with Gasteiger partial charge in [0, 0.05) is 17.8 Å². The van der Waals surface area contributed by atoms with Gasteiger partial charge in [-0.2, -0.15) is 0 Å². The molecule has 7 nitrogen and oxygen atoms in total. The van der Waals surface area contributed by atoms with E-state index in [9.17, 15) is 23.3 Å². The number of rotatable bonds is 5. The van der Waals surface area contributed by atoms with Crippen molar-refractivity contribution in [1.82, 2.24) is 0 Å². The molecule has 0 fully saturated rings. The summed E-state index contributed by atoms with van der Waals surface area (Å²) in [6.45, 7) is 1.29. The van der Waals surface area contributed by atoms with Gasteiger partial charge in [0.15, 0.2) is 9.84 Å². The lowest BCUT2D eigenvalue weighted by molar-refractivity contribution is -0.384. The fourth-order valence-corrected chi connectivity index (χ4v) is 3.15. The van der Waals surface area contributed by atoms with Crippen molar-refractivity contribution in [2.75, 3.05) is 5.32 Å². The van der Waals surface area contributed by atoms with Gasteiger partial charge in [0.25, 0.3) is 5.69 Å². The topological polar surface area (TPSA) is 106 Å². The van der Waals surface area contributed by atoms with E-state index in [1.165, 1.54) is 43.3 Å². The summed E-state index contributed by atoms with van der Waals surface area (Å²) in [6.07, 6.45) is 0. The molecule has 0 aliphatic rings. The molecule has 2 rings (SSSR count). The number of nitro benzene ring substituents is 1. The van der Waals surface area contributed by atoms with Crippen molar-refractivity contribution in [1.29, 1.82) is 0 Å². The zero-order valence-electron chi connectivity index (χ0n) is 12.2. The van der Waals surface area contributed by atoms with Gasteiger partial charge in [-0.25, -0.2) is 8.42 Å². The van der Waals surface area contributed by atoms with Gasteiger partial charge in [0.2, 0.25) is 5.91 Å². The van der Waals surface area contributed by atoms with Crippen LogP contribution in [0.15, 0.2) is 59.5 Å². The normalized spacial score (nSPS) is 12.4. The molecule has 0 saturated heterocycles. The highest BCUT2D eigenvalue weighted by Crippen LogP contribution is 2.19. The molecule has 1 N–H and O–H groups in total. The molecule has 0 bridgehead atoms. The van der Waals surface area contributed by atoms with E-state index < -0.39 is 25.9 Å². The fraction of sp³-hybridized carbons (Fsp3) is 0.133. The van der Waals surface area contributed by atoms with Crippen molar-refractivity contribution in [3.63, 3.8) is 0 Å². The molecule has 120 valence electrons. The fourth-order valence-electron chi connectivity index (χ4n) is 1.87. The second-order valence-corrected chi connectivity index (χ2v) is 7.06. The SMILES string of the molecule is CC(C(=O)Nc1ccc([N+](=O)[O-])cc1)S(=O)(=O)c1ccccc1. The van der Waals surface area contributed by atoms with Crippen LogP contribution in [0.25, 0.3) is 0 Å². The third kappa shape index (κ3) is 3.72. The minimum Gasteiger partial charge on any atom is -0.325 e. The van der Waals surface area contributed by atoms with E-state index in [2.05, 4.69) is 5.32 Å². The van der Waals surface area contributed by atoms with E-state index in [1.54, 1.807) is 18.2 Å². The molecule has 0 radical (unpaired) electrons. The molecule has 2 aromatic carbocycles. The van der Waals surface area contributed by atoms with Gasteiger partial charge in [-0.1, -0.05) is 18.2 Å². The average molecular weight is 334 g/mol. The predicted octanol–water partition coefficient (Wildman–Crippen LogP) is 2.40. The molecule has 1 atom stereocenters. The lowest BCUT2D eigenvalue weighted by Crippen LogP contribution is -2.32. The van der Waals surface area contributed by atoms with Gasteiger partial charge in [-0.15, -0.1) is 0 Å². The minimum atomic E-state index is -3.80. The first-order valence-corrected chi connectivity index (χ1v) is 8.21. The number of amides is 1. The van der Waals surface area contributed by atoms with Crippen molar-refractivity contribution in [2.24, 2.45) is 0 Å². The van der Waals surface area contributed by atoms with Gasteiger partial charge < -0.3 is 5.32 Å². The summed E-state index contributed by atoms with van der Waals surface area (Å²) in [6, 6.07) is 12.8. The maximum atomic E-state index is 12.4. The standard InChI is InChI=1S/C15H14N2O5S/c1-11(23(21,22)14-5-3-2-4-6-14)15(18)16-12-7-9-13(10-8-12)17(19)20/h2-11H,1H3,(H,16,18). The molecule has 1 unspecified atom stereocenters. The van der Waals surface area contributed by atoms with E-state index in [0.29, 0.717) is 0 Å². The molecule has 2 aromatic rings. The van der Waals surface area contributed by atoms with Crippen LogP contribution in [0, 0.1) is 10.1 Å². The lowest BCUT2D eigenvalue weighted by atomic mass is 10.3. The molecule has 0 aliphatic heterocycles. The molecule has 1 amide bonds. The van der Waals surface area contributed by atoms with Crippen LogP contribution < -0.4 is 5.32 Å². The number of sulfone groups is 1. The Morgan fingerprint density at radius 1 is 1.09 bits per heavy atom. The minimum absolute atomic E-state index is 0.0614. The van der Waals surface area contributed by atoms with Crippen molar-refractivity contribution >= 4 is 27.1 Å². The summed E-state index contributed by atoms with van der Waals surface area (Å²) in [5.41, 5.74) is 0.170. The number of nitro groups is 1. The van der Waals surface area contributed by atoms with Crippen LogP contribution in [0.4, 0.5) is 11.4 Å². The summed E-state index contributed by atoms with van der Waals surface area (Å²) >= 11 is 0. The van der Waals surface area contributed by atoms with E-state index in [1.807, 2.05) is 0 Å². The van der Waals surface area contributed by atoms with E-state index in [4.69, 9.17) is 0 Å². The molecule has 0 saturated carbocycles. The first-order valence-electron chi connectivity index (χ1n) is 6.66. The van der Waals surface area contributed by atoms with Crippen molar-refractivity contribution in [3.8, 4) is 0 Å². The molecule has 0 heterocycles. The highest BCUT2D eigenvalue weighted by atomic mass is 32.2. The number of hydrogen-bond acceptors (Lipinski definition) is 5. The number of nitrogens with one attached hydrogen (secondary N) is 1. The number of non-ortho nitro benzene ring substituents is 1. The number of carbonyl (C=O) groups excluding carboxylic acids is 1. The molecular weight excluding hydrogens is 320 g/mol. The van der Waals surface area contributed by atoms with Gasteiger partial charge in [0.1, 0.15) is 5.25 Å². The summed E-state index contributed by atoms with van der Waals surface area (Å²) in [7, 11) is -3.80. The number of hydrogen-bond donors (Lipinski definition) is 1. The molecule has 23 heavy (non-hydrogen) atoms. The predicted molar refractivity (Wildman–Crippen MR) is 84.8 cm³/mol. The summed E-state index contributed by atoms with van der Waals surface area (Å²) in [5.74, 6) is -0.706. The van der Waals surface area contributed by atoms with E-state index in [0.717, 1.165) is 0 Å². The monoisotopic (exact) mass is 334 g/mol. The molecular formula is C15H14N2O5S. The number of carbonyl (C=O) groups is 1. The van der Waals surface area contributed by atoms with Crippen LogP contribution in [0.3, 0.4) is 0 Å². The molecule has 0 spiro atoms. The van der Waals surface area contributed by atoms with Crippen molar-refractivity contribution in [2.45, 2.75) is 17.1 Å². The highest BCUT2D eigenvalue weighted by Gasteiger charge is 2.29. The zero-order chi connectivity index (χ0) is 17.0. The van der Waals surface area contributed by atoms with Gasteiger partial charge in [-0.3, -0.25) is 14.9 Å². The quantitative estimate of drug-likeness (QED) is 0.667. The summed E-state index contributed by atoms with van der Waals surface area (Å²) in [4.78, 5) is 22.2. The Balaban J connectivity index is 2.15. The number of nitrogens with zero attached hydrogens (tertiary/aromatic N) is 1. The maximum absolute atomic E-state index is 12.4. The summed E-state index contributed by atoms with van der Waals surface area (Å²) < 4.78 is 24.7. The van der Waals surface area contributed by atoms with Gasteiger partial charge in [0.05, 0.1) is 9.82 Å². The Morgan fingerprint density at radius 2 is 1.65 bits per heavy atom. The average Bonchev–Trinajstić information content (AvgIpc) is 2.55. The van der Waals surface area contributed by atoms with Crippen LogP contribution in [-0.2, 0) is 14.6 Å². The Labute approximate surface area is 133 Å². The first-order chi connectivity index (χ1) is 10.8. The summed E-state index contributed by atoms with van der Waals surface area (Å²) in [5, 5.41) is 11.7. The zero-order valence-corrected chi connectivity index (χ0v) is 13.0. The second-order valence-electron chi connectivity index (χ2n) is 4.79. The van der Waals surface area contributed by atoms with E-state index >= 15 is 0 Å². The Morgan fingerprint density at radius 3 is 2.17 bits per heavy atom. The Bertz CT molecular complexity index is 817. The van der Waals surface area contributed by atoms with E-state index in [-0.39, 0.29) is 16.3 Å².